The van der Waals surface area contributed by atoms with Gasteiger partial charge >= 0.3 is 5.97 Å². The highest BCUT2D eigenvalue weighted by atomic mass is 16.6. The fourth-order valence-corrected chi connectivity index (χ4v) is 2.86. The quantitative estimate of drug-likeness (QED) is 0.507. The van der Waals surface area contributed by atoms with E-state index in [0.29, 0.717) is 5.92 Å². The molecule has 24 heavy (non-hydrogen) atoms. The van der Waals surface area contributed by atoms with E-state index >= 15 is 0 Å². The maximum Gasteiger partial charge on any atom is 0.339 e. The number of hydrogen-bond donors (Lipinski definition) is 1. The highest BCUT2D eigenvalue weighted by Crippen LogP contribution is 2.24. The Labute approximate surface area is 140 Å². The predicted octanol–water partition coefficient (Wildman–Crippen LogP) is 2.84. The molecule has 0 heterocycles. The fourth-order valence-electron chi connectivity index (χ4n) is 2.86. The zero-order valence-electron chi connectivity index (χ0n) is 13.9. The second kappa shape index (κ2) is 7.90. The molecule has 3 atom stereocenters. The standard InChI is InChI=1S/C17H22N2O5/c1-11-6-3-4-9-15(11)18-16(20)12(2)24-17(21)13-7-5-8-14(10-13)19(22)23/h5,7-8,10-12,15H,3-4,6,9H2,1-2H3,(H,18,20)/t11-,12+,15+/m0/s1. The number of nitrogens with one attached hydrogen (secondary N) is 1. The van der Waals surface area contributed by atoms with Crippen LogP contribution in [-0.4, -0.2) is 28.9 Å². The van der Waals surface area contributed by atoms with E-state index in [-0.39, 0.29) is 23.2 Å². The van der Waals surface area contributed by atoms with Gasteiger partial charge in [0.2, 0.25) is 0 Å². The van der Waals surface area contributed by atoms with Crippen molar-refractivity contribution in [3.8, 4) is 0 Å². The second-order valence-electron chi connectivity index (χ2n) is 6.23. The van der Waals surface area contributed by atoms with Gasteiger partial charge in [-0.1, -0.05) is 25.8 Å². The minimum absolute atomic E-state index is 0.0508. The first-order chi connectivity index (χ1) is 11.4. The summed E-state index contributed by atoms with van der Waals surface area (Å²) >= 11 is 0. The molecule has 0 saturated heterocycles. The van der Waals surface area contributed by atoms with Crippen LogP contribution < -0.4 is 5.32 Å². The van der Waals surface area contributed by atoms with Gasteiger partial charge in [0.15, 0.2) is 6.10 Å². The summed E-state index contributed by atoms with van der Waals surface area (Å²) in [5, 5.41) is 13.7. The maximum atomic E-state index is 12.2. The molecule has 0 aromatic heterocycles. The lowest BCUT2D eigenvalue weighted by Gasteiger charge is -2.30. The Morgan fingerprint density at radius 1 is 1.33 bits per heavy atom. The molecule has 0 bridgehead atoms. The van der Waals surface area contributed by atoms with Crippen LogP contribution in [0.3, 0.4) is 0 Å². The predicted molar refractivity (Wildman–Crippen MR) is 87.5 cm³/mol. The number of nitrogens with zero attached hydrogens (tertiary/aromatic N) is 1. The molecule has 0 radical (unpaired) electrons. The molecule has 1 aliphatic carbocycles. The molecular weight excluding hydrogens is 312 g/mol. The monoisotopic (exact) mass is 334 g/mol. The van der Waals surface area contributed by atoms with E-state index in [2.05, 4.69) is 12.2 Å². The van der Waals surface area contributed by atoms with E-state index in [1.165, 1.54) is 31.5 Å². The highest BCUT2D eigenvalue weighted by Gasteiger charge is 2.26. The zero-order chi connectivity index (χ0) is 17.7. The molecule has 130 valence electrons. The molecular formula is C17H22N2O5. The van der Waals surface area contributed by atoms with Gasteiger partial charge in [-0.2, -0.15) is 0 Å². The number of nitro benzene ring substituents is 1. The van der Waals surface area contributed by atoms with Gasteiger partial charge in [-0.3, -0.25) is 14.9 Å². The van der Waals surface area contributed by atoms with Crippen LogP contribution in [0.15, 0.2) is 24.3 Å². The van der Waals surface area contributed by atoms with Crippen molar-refractivity contribution in [2.75, 3.05) is 0 Å². The number of ether oxygens (including phenoxy) is 1. The topological polar surface area (TPSA) is 98.5 Å². The Morgan fingerprint density at radius 3 is 2.71 bits per heavy atom. The van der Waals surface area contributed by atoms with Gasteiger partial charge in [0.05, 0.1) is 10.5 Å². The van der Waals surface area contributed by atoms with Gasteiger partial charge in [0, 0.05) is 18.2 Å². The molecule has 0 unspecified atom stereocenters. The minimum Gasteiger partial charge on any atom is -0.449 e. The second-order valence-corrected chi connectivity index (χ2v) is 6.23. The molecule has 0 aliphatic heterocycles. The van der Waals surface area contributed by atoms with E-state index in [1.807, 2.05) is 0 Å². The summed E-state index contributed by atoms with van der Waals surface area (Å²) in [6.07, 6.45) is 3.30. The van der Waals surface area contributed by atoms with Crippen LogP contribution in [0.1, 0.15) is 49.9 Å². The number of hydrogen-bond acceptors (Lipinski definition) is 5. The Bertz CT molecular complexity index is 631. The van der Waals surface area contributed by atoms with E-state index in [4.69, 9.17) is 4.74 Å². The molecule has 1 aliphatic rings. The first-order valence-corrected chi connectivity index (χ1v) is 8.14. The van der Waals surface area contributed by atoms with E-state index < -0.39 is 17.0 Å². The Kier molecular flexibility index (Phi) is 5.89. The van der Waals surface area contributed by atoms with Crippen molar-refractivity contribution in [1.82, 2.24) is 5.32 Å². The van der Waals surface area contributed by atoms with Gasteiger partial charge in [-0.15, -0.1) is 0 Å². The number of benzene rings is 1. The number of amides is 1. The van der Waals surface area contributed by atoms with Crippen LogP contribution in [-0.2, 0) is 9.53 Å². The number of rotatable bonds is 5. The number of carbonyl (C=O) groups excluding carboxylic acids is 2. The smallest absolute Gasteiger partial charge is 0.339 e. The third-order valence-electron chi connectivity index (χ3n) is 4.38. The van der Waals surface area contributed by atoms with Crippen LogP contribution in [0, 0.1) is 16.0 Å². The summed E-state index contributed by atoms with van der Waals surface area (Å²) in [6.45, 7) is 3.60. The van der Waals surface area contributed by atoms with Gasteiger partial charge in [-0.25, -0.2) is 4.79 Å². The first-order valence-electron chi connectivity index (χ1n) is 8.14. The molecule has 1 N–H and O–H groups in total. The summed E-state index contributed by atoms with van der Waals surface area (Å²) in [5.41, 5.74) is -0.146. The normalized spacial score (nSPS) is 21.6. The van der Waals surface area contributed by atoms with Crippen LogP contribution in [0.5, 0.6) is 0 Å². The SMILES string of the molecule is C[C@@H](OC(=O)c1cccc([N+](=O)[O-])c1)C(=O)N[C@@H]1CCCC[C@@H]1C. The van der Waals surface area contributed by atoms with Crippen molar-refractivity contribution in [2.45, 2.75) is 51.7 Å². The van der Waals surface area contributed by atoms with Gasteiger partial charge < -0.3 is 10.1 Å². The van der Waals surface area contributed by atoms with Crippen molar-refractivity contribution in [3.05, 3.63) is 39.9 Å². The van der Waals surface area contributed by atoms with Gasteiger partial charge in [0.25, 0.3) is 11.6 Å². The average molecular weight is 334 g/mol. The third-order valence-corrected chi connectivity index (χ3v) is 4.38. The van der Waals surface area contributed by atoms with Gasteiger partial charge in [-0.05, 0) is 31.7 Å². The molecule has 7 nitrogen and oxygen atoms in total. The van der Waals surface area contributed by atoms with E-state index in [1.54, 1.807) is 0 Å². The van der Waals surface area contributed by atoms with Gasteiger partial charge in [0.1, 0.15) is 0 Å². The lowest BCUT2D eigenvalue weighted by atomic mass is 9.86. The van der Waals surface area contributed by atoms with Crippen LogP contribution >= 0.6 is 0 Å². The lowest BCUT2D eigenvalue weighted by Crippen LogP contribution is -2.45. The number of esters is 1. The Hall–Kier alpha value is -2.44. The summed E-state index contributed by atoms with van der Waals surface area (Å²) in [7, 11) is 0. The molecule has 1 aromatic rings. The van der Waals surface area contributed by atoms with Crippen LogP contribution in [0.25, 0.3) is 0 Å². The van der Waals surface area contributed by atoms with Crippen molar-refractivity contribution < 1.29 is 19.2 Å². The summed E-state index contributed by atoms with van der Waals surface area (Å²) in [5.74, 6) is -0.687. The molecule has 7 heteroatoms. The average Bonchev–Trinajstić information content (AvgIpc) is 2.56. The maximum absolute atomic E-state index is 12.2. The number of nitro groups is 1. The molecule has 1 aromatic carbocycles. The number of non-ortho nitro benzene ring substituents is 1. The highest BCUT2D eigenvalue weighted by molar-refractivity contribution is 5.92. The van der Waals surface area contributed by atoms with E-state index in [9.17, 15) is 19.7 Å². The van der Waals surface area contributed by atoms with Crippen molar-refractivity contribution in [3.63, 3.8) is 0 Å². The Morgan fingerprint density at radius 2 is 2.04 bits per heavy atom. The molecule has 1 fully saturated rings. The number of carbonyl (C=O) groups is 2. The molecule has 0 spiro atoms. The van der Waals surface area contributed by atoms with Crippen LogP contribution in [0.2, 0.25) is 0 Å². The third kappa shape index (κ3) is 4.53. The lowest BCUT2D eigenvalue weighted by molar-refractivity contribution is -0.384. The summed E-state index contributed by atoms with van der Waals surface area (Å²) in [6, 6.07) is 5.35. The molecule has 1 saturated carbocycles. The van der Waals surface area contributed by atoms with Crippen molar-refractivity contribution in [2.24, 2.45) is 5.92 Å². The zero-order valence-corrected chi connectivity index (χ0v) is 13.9. The molecule has 2 rings (SSSR count). The Balaban J connectivity index is 1.94. The van der Waals surface area contributed by atoms with E-state index in [0.717, 1.165) is 25.3 Å². The first kappa shape index (κ1) is 17.9. The van der Waals surface area contributed by atoms with Crippen molar-refractivity contribution >= 4 is 17.6 Å². The fraction of sp³-hybridized carbons (Fsp3) is 0.529. The summed E-state index contributed by atoms with van der Waals surface area (Å²) < 4.78 is 5.14. The van der Waals surface area contributed by atoms with Crippen LogP contribution in [0.4, 0.5) is 5.69 Å². The summed E-state index contributed by atoms with van der Waals surface area (Å²) in [4.78, 5) is 34.4. The minimum atomic E-state index is -0.953. The largest absolute Gasteiger partial charge is 0.449 e. The van der Waals surface area contributed by atoms with Crippen molar-refractivity contribution in [1.29, 1.82) is 0 Å². The molecule has 1 amide bonds.